The van der Waals surface area contributed by atoms with Crippen molar-refractivity contribution in [2.75, 3.05) is 25.1 Å². The summed E-state index contributed by atoms with van der Waals surface area (Å²) in [6.07, 6.45) is 4.44. The number of fused-ring (bicyclic) bond motifs is 1. The fourth-order valence-corrected chi connectivity index (χ4v) is 3.74. The molecule has 172 valence electrons. The van der Waals surface area contributed by atoms with E-state index < -0.39 is 23.7 Å². The molecule has 0 radical (unpaired) electrons. The fourth-order valence-electron chi connectivity index (χ4n) is 3.53. The van der Waals surface area contributed by atoms with Gasteiger partial charge in [0.15, 0.2) is 0 Å². The lowest BCUT2D eigenvalue weighted by Gasteiger charge is -2.17. The van der Waals surface area contributed by atoms with Crippen LogP contribution in [0.25, 0.3) is 0 Å². The first-order valence-electron chi connectivity index (χ1n) is 10.7. The largest absolute Gasteiger partial charge is 0.480 e. The van der Waals surface area contributed by atoms with Gasteiger partial charge >= 0.3 is 5.97 Å². The van der Waals surface area contributed by atoms with Gasteiger partial charge < -0.3 is 20.5 Å². The zero-order valence-corrected chi connectivity index (χ0v) is 18.5. The molecule has 7 nitrogen and oxygen atoms in total. The molecule has 3 rings (SSSR count). The number of hydrogen-bond donors (Lipinski definition) is 3. The number of ether oxygens (including phenoxy) is 1. The summed E-state index contributed by atoms with van der Waals surface area (Å²) in [4.78, 5) is 28.4. The smallest absolute Gasteiger partial charge is 0.326 e. The molecule has 32 heavy (non-hydrogen) atoms. The number of carbonyl (C=O) groups excluding carboxylic acids is 1. The number of hydrogen-bond acceptors (Lipinski definition) is 5. The second-order valence-corrected chi connectivity index (χ2v) is 8.04. The van der Waals surface area contributed by atoms with Crippen LogP contribution < -0.4 is 10.6 Å². The molecule has 0 saturated carbocycles. The molecule has 0 bridgehead atoms. The minimum atomic E-state index is -1.17. The Morgan fingerprint density at radius 3 is 2.88 bits per heavy atom. The van der Waals surface area contributed by atoms with Crippen molar-refractivity contribution in [1.29, 1.82) is 0 Å². The number of aryl methyl sites for hydroxylation is 2. The standard InChI is InChI=1S/C23H27ClFN3O4/c24-20-17(7-1-8-18(20)25)22(29)28-19(23(30)31)9-4-14-32-13-3-6-16-11-10-15-5-2-12-26-21(15)27-16/h1,7-8,10-11,19H,2-6,9,12-14H2,(H,26,27)(H,28,29)(H,30,31). The zero-order valence-electron chi connectivity index (χ0n) is 17.7. The summed E-state index contributed by atoms with van der Waals surface area (Å²) in [5.74, 6) is -1.65. The predicted molar refractivity (Wildman–Crippen MR) is 120 cm³/mol. The maximum Gasteiger partial charge on any atom is 0.326 e. The number of amides is 1. The van der Waals surface area contributed by atoms with Crippen LogP contribution in [0.4, 0.5) is 10.2 Å². The summed E-state index contributed by atoms with van der Waals surface area (Å²) in [6, 6.07) is 6.88. The SMILES string of the molecule is O=C(NC(CCCOCCCc1ccc2c(n1)NCCC2)C(=O)O)c1cccc(F)c1Cl. The Morgan fingerprint density at radius 2 is 2.06 bits per heavy atom. The maximum atomic E-state index is 13.5. The highest BCUT2D eigenvalue weighted by molar-refractivity contribution is 6.34. The van der Waals surface area contributed by atoms with E-state index in [1.54, 1.807) is 0 Å². The van der Waals surface area contributed by atoms with Crippen LogP contribution >= 0.6 is 11.6 Å². The number of rotatable bonds is 11. The first-order valence-corrected chi connectivity index (χ1v) is 11.1. The number of carbonyl (C=O) groups is 2. The van der Waals surface area contributed by atoms with Gasteiger partial charge in [0.25, 0.3) is 5.91 Å². The van der Waals surface area contributed by atoms with E-state index in [4.69, 9.17) is 16.3 Å². The number of nitrogens with zero attached hydrogens (tertiary/aromatic N) is 1. The van der Waals surface area contributed by atoms with Gasteiger partial charge in [-0.1, -0.05) is 23.7 Å². The number of halogens is 2. The van der Waals surface area contributed by atoms with E-state index in [0.29, 0.717) is 19.6 Å². The summed E-state index contributed by atoms with van der Waals surface area (Å²) < 4.78 is 19.1. The van der Waals surface area contributed by atoms with Gasteiger partial charge in [-0.3, -0.25) is 4.79 Å². The van der Waals surface area contributed by atoms with Crippen LogP contribution in [0.2, 0.25) is 5.02 Å². The van der Waals surface area contributed by atoms with Crippen molar-refractivity contribution in [3.05, 3.63) is 58.0 Å². The second kappa shape index (κ2) is 11.8. The Morgan fingerprint density at radius 1 is 1.25 bits per heavy atom. The number of nitrogens with one attached hydrogen (secondary N) is 2. The van der Waals surface area contributed by atoms with Gasteiger partial charge in [0, 0.05) is 25.5 Å². The van der Waals surface area contributed by atoms with Crippen molar-refractivity contribution >= 4 is 29.3 Å². The molecule has 0 spiro atoms. The number of carboxylic acids is 1. The maximum absolute atomic E-state index is 13.5. The molecular formula is C23H27ClFN3O4. The minimum absolute atomic E-state index is 0.0971. The van der Waals surface area contributed by atoms with Gasteiger partial charge in [0.05, 0.1) is 10.6 Å². The van der Waals surface area contributed by atoms with Crippen LogP contribution in [-0.4, -0.2) is 47.8 Å². The van der Waals surface area contributed by atoms with Crippen molar-refractivity contribution in [3.8, 4) is 0 Å². The fraction of sp³-hybridized carbons (Fsp3) is 0.435. The van der Waals surface area contributed by atoms with E-state index in [2.05, 4.69) is 27.8 Å². The molecule has 1 aliphatic heterocycles. The summed E-state index contributed by atoms with van der Waals surface area (Å²) in [5, 5.41) is 14.8. The third-order valence-electron chi connectivity index (χ3n) is 5.25. The average Bonchev–Trinajstić information content (AvgIpc) is 2.79. The Kier molecular flexibility index (Phi) is 8.81. The highest BCUT2D eigenvalue weighted by Crippen LogP contribution is 2.21. The quantitative estimate of drug-likeness (QED) is 0.438. The average molecular weight is 464 g/mol. The van der Waals surface area contributed by atoms with Gasteiger partial charge in [0.1, 0.15) is 17.7 Å². The van der Waals surface area contributed by atoms with Crippen molar-refractivity contribution in [3.63, 3.8) is 0 Å². The van der Waals surface area contributed by atoms with Gasteiger partial charge in [-0.15, -0.1) is 0 Å². The normalized spacial score (nSPS) is 13.7. The molecule has 1 aliphatic rings. The second-order valence-electron chi connectivity index (χ2n) is 7.66. The topological polar surface area (TPSA) is 101 Å². The highest BCUT2D eigenvalue weighted by atomic mass is 35.5. The van der Waals surface area contributed by atoms with Crippen LogP contribution in [0.3, 0.4) is 0 Å². The lowest BCUT2D eigenvalue weighted by atomic mass is 10.1. The molecule has 1 aromatic carbocycles. The summed E-state index contributed by atoms with van der Waals surface area (Å²) in [5.41, 5.74) is 2.18. The molecule has 0 saturated heterocycles. The number of aliphatic carboxylic acids is 1. The first kappa shape index (κ1) is 23.9. The number of pyridine rings is 1. The van der Waals surface area contributed by atoms with Crippen molar-refractivity contribution < 1.29 is 23.8 Å². The third-order valence-corrected chi connectivity index (χ3v) is 5.64. The zero-order chi connectivity index (χ0) is 22.9. The lowest BCUT2D eigenvalue weighted by Crippen LogP contribution is -2.41. The number of benzene rings is 1. The van der Waals surface area contributed by atoms with Crippen LogP contribution in [0, 0.1) is 5.82 Å². The Balaban J connectivity index is 1.35. The minimum Gasteiger partial charge on any atom is -0.480 e. The van der Waals surface area contributed by atoms with E-state index >= 15 is 0 Å². The molecule has 0 fully saturated rings. The molecule has 2 aromatic rings. The number of anilines is 1. The summed E-state index contributed by atoms with van der Waals surface area (Å²) in [6.45, 7) is 1.87. The van der Waals surface area contributed by atoms with Gasteiger partial charge in [-0.2, -0.15) is 0 Å². The van der Waals surface area contributed by atoms with E-state index in [1.807, 2.05) is 0 Å². The van der Waals surface area contributed by atoms with E-state index in [1.165, 1.54) is 17.7 Å². The summed E-state index contributed by atoms with van der Waals surface area (Å²) >= 11 is 5.79. The number of carboxylic acid groups (broad SMARTS) is 1. The van der Waals surface area contributed by atoms with Crippen LogP contribution in [0.1, 0.15) is 47.3 Å². The van der Waals surface area contributed by atoms with Crippen LogP contribution in [0.5, 0.6) is 0 Å². The van der Waals surface area contributed by atoms with Gasteiger partial charge in [0.2, 0.25) is 0 Å². The van der Waals surface area contributed by atoms with Crippen LogP contribution in [-0.2, 0) is 22.4 Å². The number of aromatic nitrogens is 1. The van der Waals surface area contributed by atoms with Crippen LogP contribution in [0.15, 0.2) is 30.3 Å². The predicted octanol–water partition coefficient (Wildman–Crippen LogP) is 3.84. The van der Waals surface area contributed by atoms with E-state index in [9.17, 15) is 19.1 Å². The molecule has 2 heterocycles. The molecular weight excluding hydrogens is 437 g/mol. The third kappa shape index (κ3) is 6.64. The molecule has 1 atom stereocenters. The lowest BCUT2D eigenvalue weighted by molar-refractivity contribution is -0.139. The molecule has 1 amide bonds. The van der Waals surface area contributed by atoms with Gasteiger partial charge in [-0.05, 0) is 62.3 Å². The van der Waals surface area contributed by atoms with E-state index in [0.717, 1.165) is 49.8 Å². The van der Waals surface area contributed by atoms with Crippen molar-refractivity contribution in [1.82, 2.24) is 10.3 Å². The Bertz CT molecular complexity index is 957. The molecule has 9 heteroatoms. The van der Waals surface area contributed by atoms with Crippen molar-refractivity contribution in [2.45, 2.75) is 44.6 Å². The first-order chi connectivity index (χ1) is 15.5. The Hall–Kier alpha value is -2.71. The summed E-state index contributed by atoms with van der Waals surface area (Å²) in [7, 11) is 0. The highest BCUT2D eigenvalue weighted by Gasteiger charge is 2.22. The molecule has 1 aromatic heterocycles. The molecule has 3 N–H and O–H groups in total. The monoisotopic (exact) mass is 463 g/mol. The molecule has 0 aliphatic carbocycles. The Labute approximate surface area is 191 Å². The van der Waals surface area contributed by atoms with Gasteiger partial charge in [-0.25, -0.2) is 14.2 Å². The molecule has 1 unspecified atom stereocenters. The van der Waals surface area contributed by atoms with E-state index in [-0.39, 0.29) is 17.0 Å². The van der Waals surface area contributed by atoms with Crippen molar-refractivity contribution in [2.24, 2.45) is 0 Å².